The van der Waals surface area contributed by atoms with Gasteiger partial charge in [0.25, 0.3) is 0 Å². The fourth-order valence-corrected chi connectivity index (χ4v) is 12.9. The first-order valence-corrected chi connectivity index (χ1v) is 28.5. The van der Waals surface area contributed by atoms with E-state index < -0.39 is 0 Å². The lowest BCUT2D eigenvalue weighted by atomic mass is 9.73. The van der Waals surface area contributed by atoms with Crippen LogP contribution in [0.3, 0.4) is 0 Å². The van der Waals surface area contributed by atoms with Gasteiger partial charge in [0.05, 0.1) is 11.4 Å². The van der Waals surface area contributed by atoms with Gasteiger partial charge < -0.3 is 9.80 Å². The molecule has 1 spiro atoms. The Kier molecular flexibility index (Phi) is 12.3. The molecule has 0 atom stereocenters. The molecule has 0 amide bonds. The second kappa shape index (κ2) is 20.6. The molecular weight excluding hydrogens is 1010 g/mol. The summed E-state index contributed by atoms with van der Waals surface area (Å²) < 4.78 is 34.4. The fourth-order valence-electron chi connectivity index (χ4n) is 12.9. The first-order chi connectivity index (χ1) is 41.0. The SMILES string of the molecule is Fc1cc(-c2ccccc2)cc(-c2ccccc2)c1N(c1ccccc1)c1ccc(-c2ccc3c(c2)C2(CC2)c2cccc4c(-c5ccc(N(c6ccccc6)c6c(F)cc(-c7ccccc7)cc6-c6ccccc6)cc5)ccc-3c24)cc1. The van der Waals surface area contributed by atoms with Gasteiger partial charge in [-0.2, -0.15) is 0 Å². The number of hydrogen-bond acceptors (Lipinski definition) is 2. The van der Waals surface area contributed by atoms with Crippen LogP contribution in [0.4, 0.5) is 42.9 Å². The van der Waals surface area contributed by atoms with Crippen molar-refractivity contribution >= 4 is 44.9 Å². The van der Waals surface area contributed by atoms with Gasteiger partial charge in [-0.05, 0) is 180 Å². The lowest BCUT2D eigenvalue weighted by Gasteiger charge is -2.31. The van der Waals surface area contributed by atoms with Crippen LogP contribution in [-0.2, 0) is 5.41 Å². The van der Waals surface area contributed by atoms with Gasteiger partial charge in [0.1, 0.15) is 11.6 Å². The normalized spacial score (nSPS) is 12.7. The molecule has 0 bridgehead atoms. The van der Waals surface area contributed by atoms with Crippen LogP contribution in [0.2, 0.25) is 0 Å². The third kappa shape index (κ3) is 8.79. The van der Waals surface area contributed by atoms with Crippen molar-refractivity contribution in [3.63, 3.8) is 0 Å². The quantitative estimate of drug-likeness (QED) is 0.120. The molecular formula is C79H54F2N2. The van der Waals surface area contributed by atoms with Crippen LogP contribution in [-0.4, -0.2) is 0 Å². The topological polar surface area (TPSA) is 6.48 Å². The van der Waals surface area contributed by atoms with Gasteiger partial charge in [-0.3, -0.25) is 0 Å². The first kappa shape index (κ1) is 49.6. The molecule has 1 saturated carbocycles. The molecule has 0 aliphatic heterocycles. The Morgan fingerprint density at radius 1 is 0.253 bits per heavy atom. The highest BCUT2D eigenvalue weighted by molar-refractivity contribution is 6.10. The van der Waals surface area contributed by atoms with Crippen LogP contribution >= 0.6 is 0 Å². The van der Waals surface area contributed by atoms with Crippen LogP contribution in [0.15, 0.2) is 303 Å². The Morgan fingerprint density at radius 2 is 0.627 bits per heavy atom. The highest BCUT2D eigenvalue weighted by Gasteiger charge is 2.50. The van der Waals surface area contributed by atoms with Crippen molar-refractivity contribution in [2.24, 2.45) is 0 Å². The summed E-state index contributed by atoms with van der Waals surface area (Å²) in [5.41, 5.74) is 21.2. The van der Waals surface area contributed by atoms with Crippen molar-refractivity contribution in [3.8, 4) is 77.9 Å². The molecule has 2 aliphatic rings. The second-order valence-corrected chi connectivity index (χ2v) is 21.8. The van der Waals surface area contributed by atoms with E-state index in [2.05, 4.69) is 143 Å². The number of halogens is 2. The van der Waals surface area contributed by atoms with Gasteiger partial charge in [0.15, 0.2) is 0 Å². The maximum absolute atomic E-state index is 17.2. The van der Waals surface area contributed by atoms with E-state index in [0.717, 1.165) is 102 Å². The minimum absolute atomic E-state index is 0.0888. The molecule has 0 radical (unpaired) electrons. The van der Waals surface area contributed by atoms with E-state index in [0.29, 0.717) is 11.4 Å². The van der Waals surface area contributed by atoms with Crippen molar-refractivity contribution in [3.05, 3.63) is 326 Å². The summed E-state index contributed by atoms with van der Waals surface area (Å²) in [5.74, 6) is -0.602. The predicted octanol–water partition coefficient (Wildman–Crippen LogP) is 22.1. The minimum Gasteiger partial charge on any atom is -0.307 e. The Bertz CT molecular complexity index is 4530. The van der Waals surface area contributed by atoms with E-state index in [-0.39, 0.29) is 17.0 Å². The number of nitrogens with zero attached hydrogens (tertiary/aromatic N) is 2. The highest BCUT2D eigenvalue weighted by atomic mass is 19.1. The van der Waals surface area contributed by atoms with E-state index in [1.165, 1.54) is 33.0 Å². The standard InChI is InChI=1S/C79H54F2N2/c80-74-51-60(53-20-7-1-8-21-53)48-70(56-24-11-3-12-25-56)77(74)82(62-28-15-5-16-29-62)64-39-34-55(35-40-64)59-38-43-67-69-45-44-66(68-32-19-33-72(76(68)69)79(46-47-79)73(67)50-59)58-36-41-65(42-37-58)83(63-30-17-6-18-31-63)78-71(57-26-13-4-14-27-57)49-61(52-75(78)81)54-22-9-2-10-23-54/h1-45,48-52H,46-47H2. The van der Waals surface area contributed by atoms with Crippen molar-refractivity contribution < 1.29 is 8.78 Å². The molecule has 0 saturated heterocycles. The molecule has 4 heteroatoms. The summed E-state index contributed by atoms with van der Waals surface area (Å²) in [6.07, 6.45) is 2.15. The molecule has 0 heterocycles. The predicted molar refractivity (Wildman–Crippen MR) is 341 cm³/mol. The molecule has 15 rings (SSSR count). The lowest BCUT2D eigenvalue weighted by Crippen LogP contribution is -2.16. The highest BCUT2D eigenvalue weighted by Crippen LogP contribution is 2.62. The number of hydrogen-bond donors (Lipinski definition) is 0. The maximum atomic E-state index is 17.2. The zero-order valence-electron chi connectivity index (χ0n) is 45.4. The number of rotatable bonds is 12. The molecule has 13 aromatic rings. The number of benzene rings is 13. The Labute approximate surface area is 483 Å². The molecule has 394 valence electrons. The second-order valence-electron chi connectivity index (χ2n) is 21.8. The third-order valence-electron chi connectivity index (χ3n) is 17.0. The average Bonchev–Trinajstić information content (AvgIpc) is 2.58. The Morgan fingerprint density at radius 3 is 1.10 bits per heavy atom. The molecule has 0 unspecified atom stereocenters. The van der Waals surface area contributed by atoms with Crippen molar-refractivity contribution in [1.29, 1.82) is 0 Å². The van der Waals surface area contributed by atoms with E-state index >= 15 is 8.78 Å². The summed E-state index contributed by atoms with van der Waals surface area (Å²) in [5, 5.41) is 2.54. The van der Waals surface area contributed by atoms with E-state index in [1.54, 1.807) is 12.1 Å². The monoisotopic (exact) mass is 1070 g/mol. The molecule has 0 aromatic heterocycles. The van der Waals surface area contributed by atoms with E-state index in [1.807, 2.05) is 158 Å². The maximum Gasteiger partial charge on any atom is 0.148 e. The lowest BCUT2D eigenvalue weighted by molar-refractivity contribution is 0.629. The van der Waals surface area contributed by atoms with Gasteiger partial charge in [0, 0.05) is 39.3 Å². The van der Waals surface area contributed by atoms with Crippen molar-refractivity contribution in [2.75, 3.05) is 9.80 Å². The summed E-state index contributed by atoms with van der Waals surface area (Å²) in [6.45, 7) is 0. The van der Waals surface area contributed by atoms with Crippen LogP contribution in [0.25, 0.3) is 88.7 Å². The van der Waals surface area contributed by atoms with Gasteiger partial charge in [-0.15, -0.1) is 0 Å². The number of anilines is 6. The number of fused-ring (bicyclic) bond motifs is 4. The molecule has 1 fully saturated rings. The van der Waals surface area contributed by atoms with Gasteiger partial charge >= 0.3 is 0 Å². The molecule has 2 aliphatic carbocycles. The summed E-state index contributed by atoms with van der Waals surface area (Å²) >= 11 is 0. The van der Waals surface area contributed by atoms with Crippen LogP contribution in [0, 0.1) is 11.6 Å². The van der Waals surface area contributed by atoms with Crippen LogP contribution in [0.1, 0.15) is 24.0 Å². The first-order valence-electron chi connectivity index (χ1n) is 28.5. The summed E-state index contributed by atoms with van der Waals surface area (Å²) in [4.78, 5) is 4.11. The van der Waals surface area contributed by atoms with Crippen molar-refractivity contribution in [2.45, 2.75) is 18.3 Å². The molecule has 13 aromatic carbocycles. The number of para-hydroxylation sites is 2. The van der Waals surface area contributed by atoms with Crippen molar-refractivity contribution in [1.82, 2.24) is 0 Å². The van der Waals surface area contributed by atoms with Gasteiger partial charge in [-0.1, -0.05) is 224 Å². The minimum atomic E-state index is -0.302. The largest absolute Gasteiger partial charge is 0.307 e. The van der Waals surface area contributed by atoms with E-state index in [4.69, 9.17) is 0 Å². The summed E-state index contributed by atoms with van der Waals surface area (Å²) in [6, 6.07) is 104. The summed E-state index contributed by atoms with van der Waals surface area (Å²) in [7, 11) is 0. The smallest absolute Gasteiger partial charge is 0.148 e. The van der Waals surface area contributed by atoms with Gasteiger partial charge in [-0.25, -0.2) is 8.78 Å². The Balaban J connectivity index is 0.783. The van der Waals surface area contributed by atoms with E-state index in [9.17, 15) is 0 Å². The zero-order chi connectivity index (χ0) is 55.4. The molecule has 2 nitrogen and oxygen atoms in total. The Hall–Kier alpha value is -10.4. The third-order valence-corrected chi connectivity index (χ3v) is 17.0. The average molecular weight is 1070 g/mol. The van der Waals surface area contributed by atoms with Crippen LogP contribution < -0.4 is 9.80 Å². The van der Waals surface area contributed by atoms with Gasteiger partial charge in [0.2, 0.25) is 0 Å². The zero-order valence-corrected chi connectivity index (χ0v) is 45.4. The fraction of sp³-hybridized carbons (Fsp3) is 0.0380. The molecule has 0 N–H and O–H groups in total. The van der Waals surface area contributed by atoms with Crippen LogP contribution in [0.5, 0.6) is 0 Å². The molecule has 83 heavy (non-hydrogen) atoms.